The maximum absolute atomic E-state index is 13.5. The number of aromatic hydroxyl groups is 1. The molecule has 0 unspecified atom stereocenters. The molecule has 0 saturated carbocycles. The molecule has 0 atom stereocenters. The fraction of sp³-hybridized carbons (Fsp3) is 0. The molecule has 0 aliphatic carbocycles. The number of phenolic OH excluding ortho intramolecular Hbond substituents is 1. The van der Waals surface area contributed by atoms with Crippen molar-refractivity contribution < 1.29 is 14.3 Å². The van der Waals surface area contributed by atoms with E-state index in [9.17, 15) is 14.3 Å². The normalized spacial score (nSPS) is 10.9. The fourth-order valence-electron chi connectivity index (χ4n) is 1.70. The minimum Gasteiger partial charge on any atom is -0.507 e. The molecular weight excluding hydrogens is 307 g/mol. The Morgan fingerprint density at radius 1 is 1.32 bits per heavy atom. The van der Waals surface area contributed by atoms with Crippen LogP contribution in [0.3, 0.4) is 0 Å². The zero-order valence-corrected chi connectivity index (χ0v) is 11.9. The third-order valence-corrected chi connectivity index (χ3v) is 3.01. The van der Waals surface area contributed by atoms with Crippen LogP contribution in [-0.2, 0) is 4.79 Å². The van der Waals surface area contributed by atoms with Gasteiger partial charge in [-0.05, 0) is 36.4 Å². The van der Waals surface area contributed by atoms with Crippen LogP contribution in [0.1, 0.15) is 5.56 Å². The van der Waals surface area contributed by atoms with Crippen LogP contribution in [-0.4, -0.2) is 11.0 Å². The number of anilines is 1. The highest BCUT2D eigenvalue weighted by atomic mass is 35.5. The summed E-state index contributed by atoms with van der Waals surface area (Å²) in [4.78, 5) is 12.0. The van der Waals surface area contributed by atoms with Gasteiger partial charge in [0.05, 0.1) is 5.69 Å². The topological polar surface area (TPSA) is 73.1 Å². The molecule has 0 aliphatic rings. The van der Waals surface area contributed by atoms with Crippen molar-refractivity contribution in [2.24, 2.45) is 0 Å². The molecule has 2 aromatic carbocycles. The molecular formula is C16H10ClFN2O2. The van der Waals surface area contributed by atoms with Crippen LogP contribution in [0.25, 0.3) is 6.08 Å². The van der Waals surface area contributed by atoms with Crippen LogP contribution in [0, 0.1) is 17.1 Å². The summed E-state index contributed by atoms with van der Waals surface area (Å²) in [5, 5.41) is 21.4. The number of nitriles is 1. The highest BCUT2D eigenvalue weighted by Gasteiger charge is 2.12. The molecule has 0 spiro atoms. The molecule has 1 amide bonds. The van der Waals surface area contributed by atoms with E-state index in [2.05, 4.69) is 5.32 Å². The smallest absolute Gasteiger partial charge is 0.266 e. The third-order valence-electron chi connectivity index (χ3n) is 2.78. The number of hydrogen-bond acceptors (Lipinski definition) is 3. The van der Waals surface area contributed by atoms with Crippen LogP contribution in [0.15, 0.2) is 48.0 Å². The van der Waals surface area contributed by atoms with Gasteiger partial charge in [0.2, 0.25) is 0 Å². The highest BCUT2D eigenvalue weighted by Crippen LogP contribution is 2.24. The number of carbonyl (C=O) groups is 1. The molecule has 0 aliphatic heterocycles. The van der Waals surface area contributed by atoms with Crippen molar-refractivity contribution in [2.45, 2.75) is 0 Å². The lowest BCUT2D eigenvalue weighted by atomic mass is 10.1. The Labute approximate surface area is 131 Å². The quantitative estimate of drug-likeness (QED) is 0.669. The minimum absolute atomic E-state index is 0.0380. The summed E-state index contributed by atoms with van der Waals surface area (Å²) in [7, 11) is 0. The van der Waals surface area contributed by atoms with Crippen molar-refractivity contribution in [3.05, 3.63) is 64.4 Å². The highest BCUT2D eigenvalue weighted by molar-refractivity contribution is 6.30. The largest absolute Gasteiger partial charge is 0.507 e. The molecule has 2 aromatic rings. The van der Waals surface area contributed by atoms with Gasteiger partial charge in [-0.2, -0.15) is 5.26 Å². The van der Waals surface area contributed by atoms with Crippen LogP contribution in [0.5, 0.6) is 5.75 Å². The van der Waals surface area contributed by atoms with Gasteiger partial charge in [0.25, 0.3) is 5.91 Å². The van der Waals surface area contributed by atoms with E-state index in [-0.39, 0.29) is 22.6 Å². The standard InChI is InChI=1S/C16H10ClFN2O2/c17-12-5-6-15(21)10(8-12)7-11(9-19)16(22)20-14-4-2-1-3-13(14)18/h1-8,21H,(H,20,22)/b11-7+. The summed E-state index contributed by atoms with van der Waals surface area (Å²) in [6.45, 7) is 0. The molecule has 110 valence electrons. The monoisotopic (exact) mass is 316 g/mol. The second-order valence-electron chi connectivity index (χ2n) is 4.31. The molecule has 2 rings (SSSR count). The van der Waals surface area contributed by atoms with Gasteiger partial charge in [-0.1, -0.05) is 23.7 Å². The predicted octanol–water partition coefficient (Wildman–Crippen LogP) is 3.73. The molecule has 0 radical (unpaired) electrons. The van der Waals surface area contributed by atoms with Crippen molar-refractivity contribution in [1.29, 1.82) is 5.26 Å². The Kier molecular flexibility index (Phi) is 4.77. The van der Waals surface area contributed by atoms with Crippen LogP contribution < -0.4 is 5.32 Å². The third kappa shape index (κ3) is 3.62. The Morgan fingerprint density at radius 2 is 2.05 bits per heavy atom. The number of phenols is 1. The first-order chi connectivity index (χ1) is 10.5. The Bertz CT molecular complexity index is 797. The Balaban J connectivity index is 2.30. The first-order valence-electron chi connectivity index (χ1n) is 6.17. The molecule has 2 N–H and O–H groups in total. The summed E-state index contributed by atoms with van der Waals surface area (Å²) >= 11 is 5.80. The van der Waals surface area contributed by atoms with Gasteiger partial charge in [0, 0.05) is 10.6 Å². The Hall–Kier alpha value is -2.84. The fourth-order valence-corrected chi connectivity index (χ4v) is 1.88. The van der Waals surface area contributed by atoms with Crippen molar-refractivity contribution in [1.82, 2.24) is 0 Å². The number of rotatable bonds is 3. The molecule has 22 heavy (non-hydrogen) atoms. The van der Waals surface area contributed by atoms with Crippen molar-refractivity contribution >= 4 is 29.3 Å². The van der Waals surface area contributed by atoms with Crippen LogP contribution in [0.4, 0.5) is 10.1 Å². The lowest BCUT2D eigenvalue weighted by Gasteiger charge is -2.06. The maximum Gasteiger partial charge on any atom is 0.266 e. The molecule has 0 fully saturated rings. The van der Waals surface area contributed by atoms with Gasteiger partial charge < -0.3 is 10.4 Å². The van der Waals surface area contributed by atoms with Gasteiger partial charge in [-0.15, -0.1) is 0 Å². The summed E-state index contributed by atoms with van der Waals surface area (Å²) in [6, 6.07) is 11.5. The average Bonchev–Trinajstić information content (AvgIpc) is 2.50. The van der Waals surface area contributed by atoms with Crippen molar-refractivity contribution in [3.8, 4) is 11.8 Å². The van der Waals surface area contributed by atoms with Gasteiger partial charge in [-0.25, -0.2) is 4.39 Å². The van der Waals surface area contributed by atoms with Crippen LogP contribution in [0.2, 0.25) is 5.02 Å². The van der Waals surface area contributed by atoms with E-state index < -0.39 is 11.7 Å². The van der Waals surface area contributed by atoms with E-state index in [1.165, 1.54) is 42.5 Å². The summed E-state index contributed by atoms with van der Waals surface area (Å²) in [5.74, 6) is -1.53. The van der Waals surface area contributed by atoms with E-state index in [1.54, 1.807) is 12.1 Å². The van der Waals surface area contributed by atoms with E-state index in [0.29, 0.717) is 5.02 Å². The van der Waals surface area contributed by atoms with Crippen LogP contribution >= 0.6 is 11.6 Å². The number of carbonyl (C=O) groups excluding carboxylic acids is 1. The molecule has 4 nitrogen and oxygen atoms in total. The van der Waals surface area contributed by atoms with E-state index in [1.807, 2.05) is 0 Å². The second-order valence-corrected chi connectivity index (χ2v) is 4.74. The molecule has 0 aromatic heterocycles. The van der Waals surface area contributed by atoms with E-state index in [0.717, 1.165) is 0 Å². The summed E-state index contributed by atoms with van der Waals surface area (Å²) in [6.07, 6.45) is 1.18. The summed E-state index contributed by atoms with van der Waals surface area (Å²) < 4.78 is 13.5. The zero-order chi connectivity index (χ0) is 16.1. The van der Waals surface area contributed by atoms with Gasteiger partial charge in [0.15, 0.2) is 0 Å². The van der Waals surface area contributed by atoms with Crippen molar-refractivity contribution in [2.75, 3.05) is 5.32 Å². The van der Waals surface area contributed by atoms with Crippen molar-refractivity contribution in [3.63, 3.8) is 0 Å². The molecule has 0 bridgehead atoms. The lowest BCUT2D eigenvalue weighted by Crippen LogP contribution is -2.14. The SMILES string of the molecule is N#C/C(=C\c1cc(Cl)ccc1O)C(=O)Nc1ccccc1F. The number of nitrogens with one attached hydrogen (secondary N) is 1. The number of benzene rings is 2. The van der Waals surface area contributed by atoms with Gasteiger partial charge in [-0.3, -0.25) is 4.79 Å². The number of halogens is 2. The number of amides is 1. The summed E-state index contributed by atoms with van der Waals surface area (Å²) in [5.41, 5.74) is -0.113. The first kappa shape index (κ1) is 15.5. The molecule has 0 saturated heterocycles. The Morgan fingerprint density at radius 3 is 2.73 bits per heavy atom. The number of hydrogen-bond donors (Lipinski definition) is 2. The molecule has 0 heterocycles. The average molecular weight is 317 g/mol. The number of para-hydroxylation sites is 1. The number of nitrogens with zero attached hydrogens (tertiary/aromatic N) is 1. The van der Waals surface area contributed by atoms with Gasteiger partial charge in [0.1, 0.15) is 23.2 Å². The second kappa shape index (κ2) is 6.74. The maximum atomic E-state index is 13.5. The predicted molar refractivity (Wildman–Crippen MR) is 81.7 cm³/mol. The van der Waals surface area contributed by atoms with E-state index in [4.69, 9.17) is 16.9 Å². The van der Waals surface area contributed by atoms with Gasteiger partial charge >= 0.3 is 0 Å². The first-order valence-corrected chi connectivity index (χ1v) is 6.55. The lowest BCUT2D eigenvalue weighted by molar-refractivity contribution is -0.112. The minimum atomic E-state index is -0.785. The van der Waals surface area contributed by atoms with E-state index >= 15 is 0 Å². The zero-order valence-electron chi connectivity index (χ0n) is 11.2. The molecule has 6 heteroatoms.